The van der Waals surface area contributed by atoms with Gasteiger partial charge in [0.15, 0.2) is 0 Å². The van der Waals surface area contributed by atoms with E-state index >= 15 is 0 Å². The molecule has 0 saturated heterocycles. The Balaban J connectivity index is 0. The van der Waals surface area contributed by atoms with Crippen LogP contribution in [0.25, 0.3) is 0 Å². The molecule has 4 nitrogen and oxygen atoms in total. The maximum Gasteiger partial charge on any atom is 0.310 e. The van der Waals surface area contributed by atoms with Gasteiger partial charge in [0, 0.05) is 6.42 Å². The first-order valence-electron chi connectivity index (χ1n) is 10.2. The molecule has 0 aromatic carbocycles. The van der Waals surface area contributed by atoms with Crippen molar-refractivity contribution in [1.82, 2.24) is 0 Å². The van der Waals surface area contributed by atoms with Crippen molar-refractivity contribution in [1.29, 1.82) is 0 Å². The summed E-state index contributed by atoms with van der Waals surface area (Å²) in [6.45, 7) is 13.2. The highest BCUT2D eigenvalue weighted by molar-refractivity contribution is 5.70. The van der Waals surface area contributed by atoms with Gasteiger partial charge in [-0.2, -0.15) is 0 Å². The Bertz CT molecular complexity index is 278. The monoisotopic (exact) mass is 358 g/mol. The fourth-order valence-electron chi connectivity index (χ4n) is 2.06. The van der Waals surface area contributed by atoms with Crippen LogP contribution < -0.4 is 0 Å². The molecule has 25 heavy (non-hydrogen) atoms. The minimum atomic E-state index is -0.161. The number of hydrogen-bond acceptors (Lipinski definition) is 4. The fourth-order valence-corrected chi connectivity index (χ4v) is 2.06. The maximum atomic E-state index is 10.8. The van der Waals surface area contributed by atoms with Crippen molar-refractivity contribution in [2.45, 2.75) is 105 Å². The van der Waals surface area contributed by atoms with Crippen molar-refractivity contribution in [2.75, 3.05) is 13.2 Å². The minimum absolute atomic E-state index is 0.161. The first-order chi connectivity index (χ1) is 12.1. The van der Waals surface area contributed by atoms with E-state index in [-0.39, 0.29) is 5.97 Å². The van der Waals surface area contributed by atoms with Crippen molar-refractivity contribution < 1.29 is 19.3 Å². The van der Waals surface area contributed by atoms with Crippen molar-refractivity contribution in [3.63, 3.8) is 0 Å². The highest BCUT2D eigenvalue weighted by atomic mass is 17.2. The van der Waals surface area contributed by atoms with E-state index < -0.39 is 0 Å². The zero-order valence-corrected chi connectivity index (χ0v) is 17.2. The molecular weight excluding hydrogens is 316 g/mol. The Labute approximate surface area is 156 Å². The Morgan fingerprint density at radius 1 is 0.720 bits per heavy atom. The molecule has 0 aliphatic carbocycles. The summed E-state index contributed by atoms with van der Waals surface area (Å²) in [6.07, 6.45) is 13.6. The first kappa shape index (κ1) is 26.4. The van der Waals surface area contributed by atoms with Gasteiger partial charge in [-0.15, -0.1) is 0 Å². The molecule has 0 aliphatic heterocycles. The summed E-state index contributed by atoms with van der Waals surface area (Å²) < 4.78 is 4.76. The third kappa shape index (κ3) is 28.2. The predicted octanol–water partition coefficient (Wildman–Crippen LogP) is 6.74. The largest absolute Gasteiger partial charge is 0.432 e. The van der Waals surface area contributed by atoms with Crippen LogP contribution in [0.4, 0.5) is 0 Å². The van der Waals surface area contributed by atoms with E-state index in [1.54, 1.807) is 6.92 Å². The lowest BCUT2D eigenvalue weighted by Crippen LogP contribution is -2.01. The molecule has 0 saturated carbocycles. The summed E-state index contributed by atoms with van der Waals surface area (Å²) >= 11 is 0. The second-order valence-corrected chi connectivity index (χ2v) is 6.40. The zero-order chi connectivity index (χ0) is 19.2. The van der Waals surface area contributed by atoms with E-state index in [9.17, 15) is 4.79 Å². The molecule has 4 heteroatoms. The smallest absolute Gasteiger partial charge is 0.310 e. The second kappa shape index (κ2) is 23.1. The summed E-state index contributed by atoms with van der Waals surface area (Å²) in [5, 5.41) is 0. The molecule has 0 amide bonds. The Kier molecular flexibility index (Phi) is 24.4. The van der Waals surface area contributed by atoms with Crippen LogP contribution in [0.1, 0.15) is 105 Å². The van der Waals surface area contributed by atoms with E-state index in [1.165, 1.54) is 38.5 Å². The molecule has 0 unspecified atom stereocenters. The van der Waals surface area contributed by atoms with Crippen LogP contribution in [0.15, 0.2) is 12.3 Å². The molecule has 0 spiro atoms. The highest BCUT2D eigenvalue weighted by Gasteiger charge is 2.01. The molecule has 0 radical (unpaired) electrons. The molecule has 150 valence electrons. The lowest BCUT2D eigenvalue weighted by atomic mass is 10.2. The average molecular weight is 359 g/mol. The average Bonchev–Trinajstić information content (AvgIpc) is 2.57. The predicted molar refractivity (Wildman–Crippen MR) is 105 cm³/mol. The van der Waals surface area contributed by atoms with E-state index in [4.69, 9.17) is 14.5 Å². The van der Waals surface area contributed by atoms with Gasteiger partial charge in [-0.05, 0) is 26.2 Å². The summed E-state index contributed by atoms with van der Waals surface area (Å²) in [4.78, 5) is 21.0. The van der Waals surface area contributed by atoms with Crippen LogP contribution in [0.2, 0.25) is 0 Å². The van der Waals surface area contributed by atoms with Crippen LogP contribution in [0, 0.1) is 0 Å². The van der Waals surface area contributed by atoms with Gasteiger partial charge < -0.3 is 4.74 Å². The third-order valence-corrected chi connectivity index (χ3v) is 3.52. The van der Waals surface area contributed by atoms with Crippen molar-refractivity contribution >= 4 is 5.97 Å². The molecule has 0 aromatic rings. The van der Waals surface area contributed by atoms with E-state index in [2.05, 4.69) is 27.4 Å². The third-order valence-electron chi connectivity index (χ3n) is 3.52. The number of ether oxygens (including phenoxy) is 1. The van der Waals surface area contributed by atoms with Crippen LogP contribution in [-0.4, -0.2) is 19.2 Å². The number of rotatable bonds is 16. The summed E-state index contributed by atoms with van der Waals surface area (Å²) in [5.74, 6) is 0.317. The lowest BCUT2D eigenvalue weighted by Gasteiger charge is -2.03. The molecular formula is C21H42O4. The molecule has 0 aliphatic rings. The van der Waals surface area contributed by atoms with Gasteiger partial charge in [0.1, 0.15) is 0 Å². The van der Waals surface area contributed by atoms with Crippen LogP contribution in [0.5, 0.6) is 0 Å². The Morgan fingerprint density at radius 3 is 1.56 bits per heavy atom. The number of carbonyl (C=O) groups excluding carboxylic acids is 1. The van der Waals surface area contributed by atoms with Gasteiger partial charge >= 0.3 is 5.97 Å². The molecule has 0 fully saturated rings. The lowest BCUT2D eigenvalue weighted by molar-refractivity contribution is -0.295. The van der Waals surface area contributed by atoms with Gasteiger partial charge in [-0.3, -0.25) is 4.79 Å². The van der Waals surface area contributed by atoms with Gasteiger partial charge in [-0.25, -0.2) is 9.78 Å². The molecule has 0 N–H and O–H groups in total. The number of carbonyl (C=O) groups is 1. The summed E-state index contributed by atoms with van der Waals surface area (Å²) in [5.41, 5.74) is 0. The quantitative estimate of drug-likeness (QED) is 0.101. The van der Waals surface area contributed by atoms with Gasteiger partial charge in [-0.1, -0.05) is 78.7 Å². The van der Waals surface area contributed by atoms with Gasteiger partial charge in [0.2, 0.25) is 0 Å². The van der Waals surface area contributed by atoms with Crippen LogP contribution in [-0.2, 0) is 19.3 Å². The van der Waals surface area contributed by atoms with Gasteiger partial charge in [0.05, 0.1) is 19.0 Å². The zero-order valence-electron chi connectivity index (χ0n) is 17.2. The van der Waals surface area contributed by atoms with E-state index in [1.807, 2.05) is 0 Å². The Hall–Kier alpha value is -0.870. The first-order valence-corrected chi connectivity index (χ1v) is 10.2. The summed E-state index contributed by atoms with van der Waals surface area (Å²) in [6, 6.07) is 0. The molecule has 0 rings (SSSR count). The van der Waals surface area contributed by atoms with E-state index in [0.29, 0.717) is 12.2 Å². The van der Waals surface area contributed by atoms with Gasteiger partial charge in [0.25, 0.3) is 0 Å². The SMILES string of the molecule is C=C(C)OC(=O)CCCCC.CCCCCCOOCCCCCC. The maximum absolute atomic E-state index is 10.8. The fraction of sp³-hybridized carbons (Fsp3) is 0.857. The number of esters is 1. The molecule has 0 heterocycles. The normalized spacial score (nSPS) is 10.1. The minimum Gasteiger partial charge on any atom is -0.432 e. The molecule has 0 bridgehead atoms. The number of hydrogen-bond donors (Lipinski definition) is 0. The summed E-state index contributed by atoms with van der Waals surface area (Å²) in [7, 11) is 0. The number of allylic oxidation sites excluding steroid dienone is 1. The number of unbranched alkanes of at least 4 members (excludes halogenated alkanes) is 8. The molecule has 0 aromatic heterocycles. The topological polar surface area (TPSA) is 44.8 Å². The highest BCUT2D eigenvalue weighted by Crippen LogP contribution is 2.03. The van der Waals surface area contributed by atoms with Crippen molar-refractivity contribution in [3.8, 4) is 0 Å². The van der Waals surface area contributed by atoms with Crippen molar-refractivity contribution in [3.05, 3.63) is 12.3 Å². The molecule has 0 atom stereocenters. The standard InChI is InChI=1S/C12H26O2.C9H16O2/c1-3-5-7-9-11-13-14-12-10-8-6-4-2;1-4-5-6-7-9(10)11-8(2)3/h3-12H2,1-2H3;2,4-7H2,1,3H3. The van der Waals surface area contributed by atoms with Crippen LogP contribution >= 0.6 is 0 Å². The van der Waals surface area contributed by atoms with Crippen LogP contribution in [0.3, 0.4) is 0 Å². The Morgan fingerprint density at radius 2 is 1.16 bits per heavy atom. The van der Waals surface area contributed by atoms with Crippen molar-refractivity contribution in [2.24, 2.45) is 0 Å². The van der Waals surface area contributed by atoms with E-state index in [0.717, 1.165) is 45.3 Å². The second-order valence-electron chi connectivity index (χ2n) is 6.40.